The van der Waals surface area contributed by atoms with Crippen molar-refractivity contribution in [2.24, 2.45) is 0 Å². The Hall–Kier alpha value is -1.46. The minimum Gasteiger partial charge on any atom is -0.185 e. The summed E-state index contributed by atoms with van der Waals surface area (Å²) in [5, 5.41) is 13.5. The molecule has 0 atom stereocenters. The molecule has 3 rings (SSSR count). The first-order chi connectivity index (χ1) is 8.40. The lowest BCUT2D eigenvalue weighted by atomic mass is 9.98. The van der Waals surface area contributed by atoms with E-state index in [2.05, 4.69) is 41.8 Å². The van der Waals surface area contributed by atoms with Crippen LogP contribution in [-0.4, -0.2) is 0 Å². The molecule has 0 radical (unpaired) electrons. The summed E-state index contributed by atoms with van der Waals surface area (Å²) in [4.78, 5) is 0. The third-order valence-corrected chi connectivity index (χ3v) is 3.94. The maximum Gasteiger partial charge on any atom is 0.133 e. The fraction of sp³-hybridized carbons (Fsp3) is 0.267. The Morgan fingerprint density at radius 2 is 1.88 bits per heavy atom. The average molecular weight is 239 g/mol. The molecular weight excluding hydrogens is 226 g/mol. The predicted octanol–water partition coefficient (Wildman–Crippen LogP) is 4.43. The summed E-state index contributed by atoms with van der Waals surface area (Å²) in [7, 11) is 0. The van der Waals surface area contributed by atoms with Crippen LogP contribution in [0.4, 0.5) is 0 Å². The molecule has 2 heteroatoms. The van der Waals surface area contributed by atoms with Gasteiger partial charge in [0.05, 0.1) is 0 Å². The van der Waals surface area contributed by atoms with Gasteiger partial charge in [-0.2, -0.15) is 5.26 Å². The molecule has 1 fully saturated rings. The van der Waals surface area contributed by atoms with E-state index in [9.17, 15) is 0 Å². The van der Waals surface area contributed by atoms with Gasteiger partial charge in [0.2, 0.25) is 0 Å². The van der Waals surface area contributed by atoms with E-state index in [-0.39, 0.29) is 0 Å². The van der Waals surface area contributed by atoms with E-state index in [1.54, 1.807) is 0 Å². The molecule has 0 unspecified atom stereocenters. The number of hydrogen-bond acceptors (Lipinski definition) is 2. The van der Waals surface area contributed by atoms with Gasteiger partial charge in [-0.3, -0.25) is 0 Å². The highest BCUT2D eigenvalue weighted by Gasteiger charge is 2.25. The van der Waals surface area contributed by atoms with Crippen LogP contribution in [0.2, 0.25) is 0 Å². The van der Waals surface area contributed by atoms with Crippen molar-refractivity contribution in [1.82, 2.24) is 0 Å². The molecular formula is C15H13NS. The molecule has 1 saturated carbocycles. The number of hydrogen-bond donors (Lipinski definition) is 0. The first-order valence-corrected chi connectivity index (χ1v) is 6.90. The predicted molar refractivity (Wildman–Crippen MR) is 72.8 cm³/mol. The fourth-order valence-corrected chi connectivity index (χ4v) is 2.84. The van der Waals surface area contributed by atoms with Crippen molar-refractivity contribution in [2.75, 3.05) is 0 Å². The quantitative estimate of drug-likeness (QED) is 0.740. The Morgan fingerprint density at radius 1 is 1.12 bits per heavy atom. The number of rotatable bonds is 3. The minimum atomic E-state index is 0.776. The maximum atomic E-state index is 8.67. The van der Waals surface area contributed by atoms with Crippen LogP contribution in [-0.2, 0) is 5.75 Å². The van der Waals surface area contributed by atoms with Crippen LogP contribution in [0.5, 0.6) is 0 Å². The van der Waals surface area contributed by atoms with Gasteiger partial charge in [-0.1, -0.05) is 36.4 Å². The van der Waals surface area contributed by atoms with E-state index < -0.39 is 0 Å². The highest BCUT2D eigenvalue weighted by molar-refractivity contribution is 8.02. The van der Waals surface area contributed by atoms with Crippen LogP contribution >= 0.6 is 11.8 Å². The summed E-state index contributed by atoms with van der Waals surface area (Å²) < 4.78 is 0. The molecule has 84 valence electrons. The van der Waals surface area contributed by atoms with Crippen molar-refractivity contribution in [3.8, 4) is 5.40 Å². The molecule has 2 aromatic carbocycles. The largest absolute Gasteiger partial charge is 0.185 e. The molecule has 0 bridgehead atoms. The van der Waals surface area contributed by atoms with Crippen LogP contribution in [0, 0.1) is 10.7 Å². The lowest BCUT2D eigenvalue weighted by Crippen LogP contribution is -1.88. The Balaban J connectivity index is 2.13. The minimum absolute atomic E-state index is 0.776. The lowest BCUT2D eigenvalue weighted by molar-refractivity contribution is 1.15. The monoisotopic (exact) mass is 239 g/mol. The molecule has 0 aromatic heterocycles. The van der Waals surface area contributed by atoms with E-state index in [0.717, 1.165) is 11.7 Å². The van der Waals surface area contributed by atoms with E-state index in [4.69, 9.17) is 5.26 Å². The summed E-state index contributed by atoms with van der Waals surface area (Å²) in [6, 6.07) is 13.0. The topological polar surface area (TPSA) is 23.8 Å². The zero-order chi connectivity index (χ0) is 11.7. The van der Waals surface area contributed by atoms with Gasteiger partial charge < -0.3 is 0 Å². The van der Waals surface area contributed by atoms with Gasteiger partial charge in [-0.05, 0) is 52.4 Å². The van der Waals surface area contributed by atoms with E-state index in [1.165, 1.54) is 46.5 Å². The van der Waals surface area contributed by atoms with Crippen LogP contribution in [0.15, 0.2) is 36.4 Å². The van der Waals surface area contributed by atoms with E-state index in [0.29, 0.717) is 0 Å². The molecule has 0 aliphatic heterocycles. The Labute approximate surface area is 105 Å². The van der Waals surface area contributed by atoms with Gasteiger partial charge in [0.15, 0.2) is 0 Å². The summed E-state index contributed by atoms with van der Waals surface area (Å²) in [5.74, 6) is 1.56. The van der Waals surface area contributed by atoms with Crippen molar-refractivity contribution >= 4 is 22.5 Å². The molecule has 0 spiro atoms. The average Bonchev–Trinajstić information content (AvgIpc) is 3.20. The molecule has 0 amide bonds. The second-order valence-electron chi connectivity index (χ2n) is 4.51. The third-order valence-electron chi connectivity index (χ3n) is 3.36. The maximum absolute atomic E-state index is 8.67. The van der Waals surface area contributed by atoms with Gasteiger partial charge in [0.25, 0.3) is 0 Å². The Bertz CT molecular complexity index is 593. The molecule has 17 heavy (non-hydrogen) atoms. The van der Waals surface area contributed by atoms with Crippen molar-refractivity contribution < 1.29 is 0 Å². The van der Waals surface area contributed by atoms with Crippen LogP contribution in [0.25, 0.3) is 10.8 Å². The van der Waals surface area contributed by atoms with Crippen LogP contribution in [0.1, 0.15) is 29.9 Å². The normalized spacial score (nSPS) is 14.8. The van der Waals surface area contributed by atoms with Crippen molar-refractivity contribution in [2.45, 2.75) is 24.5 Å². The van der Waals surface area contributed by atoms with Crippen LogP contribution in [0.3, 0.4) is 0 Å². The molecule has 0 saturated heterocycles. The van der Waals surface area contributed by atoms with Crippen molar-refractivity contribution in [3.63, 3.8) is 0 Å². The SMILES string of the molecule is N#CSCc1ccc(C2CC2)c2ccccc12. The van der Waals surface area contributed by atoms with Gasteiger partial charge in [0, 0.05) is 5.75 Å². The zero-order valence-electron chi connectivity index (χ0n) is 9.52. The molecule has 0 N–H and O–H groups in total. The molecule has 1 nitrogen and oxygen atoms in total. The fourth-order valence-electron chi connectivity index (χ4n) is 2.37. The second-order valence-corrected chi connectivity index (χ2v) is 5.27. The molecule has 1 aliphatic carbocycles. The summed E-state index contributed by atoms with van der Waals surface area (Å²) in [6.45, 7) is 0. The first-order valence-electron chi connectivity index (χ1n) is 5.91. The summed E-state index contributed by atoms with van der Waals surface area (Å²) in [5.41, 5.74) is 2.77. The lowest BCUT2D eigenvalue weighted by Gasteiger charge is -2.09. The molecule has 0 heterocycles. The van der Waals surface area contributed by atoms with Gasteiger partial charge in [-0.15, -0.1) is 0 Å². The van der Waals surface area contributed by atoms with E-state index in [1.807, 2.05) is 0 Å². The van der Waals surface area contributed by atoms with Gasteiger partial charge >= 0.3 is 0 Å². The number of fused-ring (bicyclic) bond motifs is 1. The third kappa shape index (κ3) is 2.03. The summed E-state index contributed by atoms with van der Waals surface area (Å²) in [6.07, 6.45) is 2.66. The number of thiocyanates is 1. The Morgan fingerprint density at radius 3 is 2.59 bits per heavy atom. The second kappa shape index (κ2) is 4.43. The smallest absolute Gasteiger partial charge is 0.133 e. The van der Waals surface area contributed by atoms with Crippen molar-refractivity contribution in [1.29, 1.82) is 5.26 Å². The zero-order valence-corrected chi connectivity index (χ0v) is 10.3. The molecule has 2 aromatic rings. The standard InChI is InChI=1S/C15H13NS/c16-10-17-9-12-7-8-14(11-5-6-11)15-4-2-1-3-13(12)15/h1-4,7-8,11H,5-6,9H2. The highest BCUT2D eigenvalue weighted by Crippen LogP contribution is 2.43. The van der Waals surface area contributed by atoms with Gasteiger partial charge in [0.1, 0.15) is 5.40 Å². The highest BCUT2D eigenvalue weighted by atomic mass is 32.2. The number of nitriles is 1. The van der Waals surface area contributed by atoms with Crippen molar-refractivity contribution in [3.05, 3.63) is 47.5 Å². The van der Waals surface area contributed by atoms with E-state index >= 15 is 0 Å². The summed E-state index contributed by atoms with van der Waals surface area (Å²) >= 11 is 1.31. The van der Waals surface area contributed by atoms with Crippen LogP contribution < -0.4 is 0 Å². The Kier molecular flexibility index (Phi) is 2.78. The molecule has 1 aliphatic rings. The number of nitrogens with zero attached hydrogens (tertiary/aromatic N) is 1. The first kappa shape index (κ1) is 10.7. The number of benzene rings is 2. The van der Waals surface area contributed by atoms with Gasteiger partial charge in [-0.25, -0.2) is 0 Å². The number of thioether (sulfide) groups is 1.